The fourth-order valence-corrected chi connectivity index (χ4v) is 3.24. The standard InChI is InChI=1S/C23H25FN4O2/c1-14(2)11-23(3,26)13-30-20-5-4-15(8-17(20)12-25)16-6-7-27-21(9-16)28-22(29)18-10-19(18)24/h4-9,18-19H,1,10-11,13,26H2,2-3H3,(H,27,28,29)/t18-,19+,23-/m0/s1. The molecule has 3 N–H and O–H groups in total. The van der Waals surface area contributed by atoms with E-state index in [0.29, 0.717) is 23.6 Å². The highest BCUT2D eigenvalue weighted by molar-refractivity contribution is 5.94. The number of nitrogens with two attached hydrogens (primary N) is 1. The fraction of sp³-hybridized carbons (Fsp3) is 0.348. The Hall–Kier alpha value is -3.24. The molecule has 3 rings (SSSR count). The first-order valence-electron chi connectivity index (χ1n) is 9.70. The molecule has 1 heterocycles. The van der Waals surface area contributed by atoms with Crippen molar-refractivity contribution in [2.24, 2.45) is 11.7 Å². The van der Waals surface area contributed by atoms with Crippen LogP contribution in [0.2, 0.25) is 0 Å². The van der Waals surface area contributed by atoms with E-state index in [0.717, 1.165) is 16.7 Å². The summed E-state index contributed by atoms with van der Waals surface area (Å²) in [4.78, 5) is 16.0. The molecule has 30 heavy (non-hydrogen) atoms. The average Bonchev–Trinajstić information content (AvgIpc) is 3.42. The maximum atomic E-state index is 13.1. The lowest BCUT2D eigenvalue weighted by molar-refractivity contribution is -0.117. The van der Waals surface area contributed by atoms with Crippen LogP contribution in [-0.4, -0.2) is 29.2 Å². The van der Waals surface area contributed by atoms with Crippen LogP contribution in [0.25, 0.3) is 11.1 Å². The van der Waals surface area contributed by atoms with Gasteiger partial charge in [0, 0.05) is 6.20 Å². The molecule has 3 atom stereocenters. The summed E-state index contributed by atoms with van der Waals surface area (Å²) in [5.41, 5.74) is 8.52. The molecule has 0 aliphatic heterocycles. The van der Waals surface area contributed by atoms with E-state index in [9.17, 15) is 14.4 Å². The van der Waals surface area contributed by atoms with Crippen LogP contribution in [0.15, 0.2) is 48.7 Å². The molecule has 0 spiro atoms. The summed E-state index contributed by atoms with van der Waals surface area (Å²) in [5, 5.41) is 12.2. The number of aromatic nitrogens is 1. The number of benzene rings is 1. The Bertz CT molecular complexity index is 1010. The molecule has 156 valence electrons. The number of amides is 1. The van der Waals surface area contributed by atoms with Crippen molar-refractivity contribution < 1.29 is 13.9 Å². The third-order valence-electron chi connectivity index (χ3n) is 4.76. The van der Waals surface area contributed by atoms with Crippen LogP contribution in [0.5, 0.6) is 5.75 Å². The highest BCUT2D eigenvalue weighted by Crippen LogP contribution is 2.35. The van der Waals surface area contributed by atoms with Gasteiger partial charge in [-0.05, 0) is 62.1 Å². The Kier molecular flexibility index (Phi) is 6.18. The molecule has 0 saturated heterocycles. The topological polar surface area (TPSA) is 101 Å². The lowest BCUT2D eigenvalue weighted by Gasteiger charge is -2.25. The minimum atomic E-state index is -1.07. The Labute approximate surface area is 175 Å². The summed E-state index contributed by atoms with van der Waals surface area (Å²) in [6, 6.07) is 10.9. The van der Waals surface area contributed by atoms with Gasteiger partial charge in [-0.15, -0.1) is 6.58 Å². The summed E-state index contributed by atoms with van der Waals surface area (Å²) in [6.07, 6.45) is 1.36. The van der Waals surface area contributed by atoms with Crippen molar-refractivity contribution in [3.8, 4) is 22.9 Å². The summed E-state index contributed by atoms with van der Waals surface area (Å²) in [5.74, 6) is -0.164. The number of carbonyl (C=O) groups excluding carboxylic acids is 1. The van der Waals surface area contributed by atoms with Gasteiger partial charge in [-0.25, -0.2) is 9.37 Å². The lowest BCUT2D eigenvalue weighted by atomic mass is 9.96. The van der Waals surface area contributed by atoms with E-state index in [-0.39, 0.29) is 18.9 Å². The molecular weight excluding hydrogens is 383 g/mol. The molecule has 7 heteroatoms. The van der Waals surface area contributed by atoms with Crippen molar-refractivity contribution >= 4 is 11.7 Å². The molecule has 6 nitrogen and oxygen atoms in total. The van der Waals surface area contributed by atoms with E-state index >= 15 is 0 Å². The first kappa shape index (κ1) is 21.5. The molecule has 1 amide bonds. The zero-order chi connectivity index (χ0) is 21.9. The van der Waals surface area contributed by atoms with E-state index in [1.807, 2.05) is 19.9 Å². The largest absolute Gasteiger partial charge is 0.490 e. The molecule has 2 aromatic rings. The molecule has 0 unspecified atom stereocenters. The summed E-state index contributed by atoms with van der Waals surface area (Å²) in [6.45, 7) is 7.91. The zero-order valence-electron chi connectivity index (χ0n) is 17.1. The van der Waals surface area contributed by atoms with Crippen LogP contribution in [-0.2, 0) is 4.79 Å². The number of carbonyl (C=O) groups is 1. The number of rotatable bonds is 8. The van der Waals surface area contributed by atoms with Crippen molar-refractivity contribution in [3.05, 3.63) is 54.2 Å². The summed E-state index contributed by atoms with van der Waals surface area (Å²) < 4.78 is 18.9. The predicted octanol–water partition coefficient (Wildman–Crippen LogP) is 3.98. The highest BCUT2D eigenvalue weighted by atomic mass is 19.1. The molecule has 1 aromatic heterocycles. The van der Waals surface area contributed by atoms with Gasteiger partial charge in [0.05, 0.1) is 17.0 Å². The maximum absolute atomic E-state index is 13.1. The number of ether oxygens (including phenoxy) is 1. The summed E-state index contributed by atoms with van der Waals surface area (Å²) >= 11 is 0. The molecule has 1 aromatic carbocycles. The highest BCUT2D eigenvalue weighted by Gasteiger charge is 2.43. The number of hydrogen-bond donors (Lipinski definition) is 2. The van der Waals surface area contributed by atoms with Crippen LogP contribution in [0.1, 0.15) is 32.3 Å². The van der Waals surface area contributed by atoms with Gasteiger partial charge in [0.25, 0.3) is 0 Å². The number of hydrogen-bond acceptors (Lipinski definition) is 5. The van der Waals surface area contributed by atoms with E-state index in [1.54, 1.807) is 30.5 Å². The summed E-state index contributed by atoms with van der Waals surface area (Å²) in [7, 11) is 0. The van der Waals surface area contributed by atoms with Gasteiger partial charge in [-0.2, -0.15) is 5.26 Å². The number of alkyl halides is 1. The molecule has 1 saturated carbocycles. The van der Waals surface area contributed by atoms with Gasteiger partial charge < -0.3 is 15.8 Å². The van der Waals surface area contributed by atoms with E-state index in [2.05, 4.69) is 22.9 Å². The molecule has 0 bridgehead atoms. The number of anilines is 1. The van der Waals surface area contributed by atoms with Gasteiger partial charge in [0.1, 0.15) is 30.4 Å². The molecule has 0 radical (unpaired) electrons. The first-order chi connectivity index (χ1) is 14.2. The molecule has 1 fully saturated rings. The number of halogens is 1. The third-order valence-corrected chi connectivity index (χ3v) is 4.76. The van der Waals surface area contributed by atoms with E-state index < -0.39 is 17.6 Å². The smallest absolute Gasteiger partial charge is 0.231 e. The molecular formula is C23H25FN4O2. The van der Waals surface area contributed by atoms with Gasteiger partial charge in [-0.3, -0.25) is 4.79 Å². The van der Waals surface area contributed by atoms with Crippen molar-refractivity contribution in [3.63, 3.8) is 0 Å². The third kappa shape index (κ3) is 5.43. The van der Waals surface area contributed by atoms with Gasteiger partial charge in [0.2, 0.25) is 5.91 Å². The zero-order valence-corrected chi connectivity index (χ0v) is 17.1. The van der Waals surface area contributed by atoms with E-state index in [1.165, 1.54) is 0 Å². The molecule has 1 aliphatic rings. The van der Waals surface area contributed by atoms with Crippen molar-refractivity contribution in [2.75, 3.05) is 11.9 Å². The van der Waals surface area contributed by atoms with E-state index in [4.69, 9.17) is 10.5 Å². The van der Waals surface area contributed by atoms with Gasteiger partial charge in [-0.1, -0.05) is 11.6 Å². The van der Waals surface area contributed by atoms with Crippen LogP contribution in [0, 0.1) is 17.2 Å². The average molecular weight is 408 g/mol. The second kappa shape index (κ2) is 8.64. The van der Waals surface area contributed by atoms with Crippen molar-refractivity contribution in [1.29, 1.82) is 5.26 Å². The van der Waals surface area contributed by atoms with Gasteiger partial charge >= 0.3 is 0 Å². The number of nitrogens with one attached hydrogen (secondary N) is 1. The maximum Gasteiger partial charge on any atom is 0.231 e. The quantitative estimate of drug-likeness (QED) is 0.644. The molecule has 1 aliphatic carbocycles. The van der Waals surface area contributed by atoms with Crippen LogP contribution >= 0.6 is 0 Å². The lowest BCUT2D eigenvalue weighted by Crippen LogP contribution is -2.42. The normalized spacial score (nSPS) is 19.3. The van der Waals surface area contributed by atoms with Crippen LogP contribution in [0.4, 0.5) is 10.2 Å². The minimum absolute atomic E-state index is 0.246. The Balaban J connectivity index is 1.74. The van der Waals surface area contributed by atoms with Crippen LogP contribution < -0.4 is 15.8 Å². The SMILES string of the molecule is C=C(C)C[C@](C)(N)COc1ccc(-c2ccnc(NC(=O)[C@H]3C[C@H]3F)c2)cc1C#N. The predicted molar refractivity (Wildman–Crippen MR) is 114 cm³/mol. The fourth-order valence-electron chi connectivity index (χ4n) is 3.24. The van der Waals surface area contributed by atoms with Crippen molar-refractivity contribution in [2.45, 2.75) is 38.4 Å². The second-order valence-corrected chi connectivity index (χ2v) is 8.18. The number of nitrogens with zero attached hydrogens (tertiary/aromatic N) is 2. The second-order valence-electron chi connectivity index (χ2n) is 8.18. The van der Waals surface area contributed by atoms with Crippen LogP contribution in [0.3, 0.4) is 0 Å². The minimum Gasteiger partial charge on any atom is -0.490 e. The van der Waals surface area contributed by atoms with Crippen molar-refractivity contribution in [1.82, 2.24) is 4.98 Å². The Morgan fingerprint density at radius 3 is 2.77 bits per heavy atom. The number of nitriles is 1. The number of pyridine rings is 1. The Morgan fingerprint density at radius 2 is 2.13 bits per heavy atom. The Morgan fingerprint density at radius 1 is 1.43 bits per heavy atom. The van der Waals surface area contributed by atoms with Gasteiger partial charge in [0.15, 0.2) is 0 Å². The monoisotopic (exact) mass is 408 g/mol. The first-order valence-corrected chi connectivity index (χ1v) is 9.70.